The molecule has 0 saturated carbocycles. The zero-order valence-electron chi connectivity index (χ0n) is 15.7. The molecule has 1 aliphatic rings. The van der Waals surface area contributed by atoms with Crippen LogP contribution in [0.2, 0.25) is 0 Å². The Bertz CT molecular complexity index is 1150. The molecule has 1 atom stereocenters. The molecule has 2 aromatic carbocycles. The number of oxazole rings is 1. The molecule has 0 unspecified atom stereocenters. The lowest BCUT2D eigenvalue weighted by molar-refractivity contribution is -0.131. The first-order chi connectivity index (χ1) is 14.2. The van der Waals surface area contributed by atoms with E-state index in [4.69, 9.17) is 9.40 Å². The third-order valence-electron chi connectivity index (χ3n) is 5.35. The first-order valence-electron chi connectivity index (χ1n) is 9.66. The second-order valence-corrected chi connectivity index (χ2v) is 8.28. The van der Waals surface area contributed by atoms with E-state index in [-0.39, 0.29) is 17.8 Å². The minimum atomic E-state index is -0.257. The predicted molar refractivity (Wildman–Crippen MR) is 111 cm³/mol. The Morgan fingerprint density at radius 2 is 2.00 bits per heavy atom. The van der Waals surface area contributed by atoms with Gasteiger partial charge in [-0.1, -0.05) is 24.3 Å². The first-order valence-corrected chi connectivity index (χ1v) is 10.5. The van der Waals surface area contributed by atoms with Gasteiger partial charge in [-0.25, -0.2) is 9.37 Å². The van der Waals surface area contributed by atoms with Crippen molar-refractivity contribution in [1.82, 2.24) is 9.88 Å². The number of amides is 1. The third-order valence-corrected chi connectivity index (χ3v) is 6.22. The van der Waals surface area contributed by atoms with E-state index in [2.05, 4.69) is 0 Å². The van der Waals surface area contributed by atoms with E-state index < -0.39 is 0 Å². The summed E-state index contributed by atoms with van der Waals surface area (Å²) < 4.78 is 19.2. The second-order valence-electron chi connectivity index (χ2n) is 7.24. The molecule has 4 nitrogen and oxygen atoms in total. The number of rotatable bonds is 4. The van der Waals surface area contributed by atoms with E-state index in [0.29, 0.717) is 17.9 Å². The monoisotopic (exact) mass is 406 g/mol. The van der Waals surface area contributed by atoms with Gasteiger partial charge in [-0.3, -0.25) is 4.79 Å². The summed E-state index contributed by atoms with van der Waals surface area (Å²) in [6, 6.07) is 16.0. The van der Waals surface area contributed by atoms with E-state index in [1.54, 1.807) is 23.5 Å². The maximum absolute atomic E-state index is 13.2. The quantitative estimate of drug-likeness (QED) is 0.443. The lowest BCUT2D eigenvalue weighted by atomic mass is 10.1. The summed E-state index contributed by atoms with van der Waals surface area (Å²) in [5.74, 6) is 0.449. The summed E-state index contributed by atoms with van der Waals surface area (Å²) in [5.41, 5.74) is 3.32. The number of likely N-dealkylation sites (tertiary alicyclic amines) is 1. The molecule has 0 bridgehead atoms. The van der Waals surface area contributed by atoms with Crippen molar-refractivity contribution < 1.29 is 13.6 Å². The highest BCUT2D eigenvalue weighted by Gasteiger charge is 2.33. The molecule has 1 aliphatic heterocycles. The maximum atomic E-state index is 13.2. The summed E-state index contributed by atoms with van der Waals surface area (Å²) in [6.07, 6.45) is 2.22. The SMILES string of the molecule is O=C(Cc1cccs1)N1CCC[C@@H]1c1nc2cc(-c3ccc(F)cc3)ccc2o1. The fraction of sp³-hybridized carbons (Fsp3) is 0.217. The average Bonchev–Trinajstić information content (AvgIpc) is 3.47. The van der Waals surface area contributed by atoms with Crippen molar-refractivity contribution in [2.45, 2.75) is 25.3 Å². The van der Waals surface area contributed by atoms with Crippen LogP contribution in [-0.4, -0.2) is 22.3 Å². The molecule has 1 amide bonds. The van der Waals surface area contributed by atoms with Crippen LogP contribution in [0.3, 0.4) is 0 Å². The largest absolute Gasteiger partial charge is 0.438 e. The van der Waals surface area contributed by atoms with Crippen molar-refractivity contribution in [2.24, 2.45) is 0 Å². The Labute approximate surface area is 171 Å². The minimum Gasteiger partial charge on any atom is -0.438 e. The van der Waals surface area contributed by atoms with Crippen LogP contribution >= 0.6 is 11.3 Å². The molecule has 1 saturated heterocycles. The number of hydrogen-bond acceptors (Lipinski definition) is 4. The second kappa shape index (κ2) is 7.44. The number of halogens is 1. The van der Waals surface area contributed by atoms with Crippen LogP contribution < -0.4 is 0 Å². The van der Waals surface area contributed by atoms with Crippen LogP contribution in [-0.2, 0) is 11.2 Å². The highest BCUT2D eigenvalue weighted by molar-refractivity contribution is 7.10. The van der Waals surface area contributed by atoms with Gasteiger partial charge < -0.3 is 9.32 Å². The van der Waals surface area contributed by atoms with Gasteiger partial charge in [0.05, 0.1) is 6.42 Å². The molecule has 0 N–H and O–H groups in total. The van der Waals surface area contributed by atoms with Gasteiger partial charge in [-0.2, -0.15) is 0 Å². The van der Waals surface area contributed by atoms with Crippen LogP contribution in [0.4, 0.5) is 4.39 Å². The van der Waals surface area contributed by atoms with Gasteiger partial charge in [0.1, 0.15) is 17.4 Å². The van der Waals surface area contributed by atoms with Gasteiger partial charge in [-0.05, 0) is 59.7 Å². The Kier molecular flexibility index (Phi) is 4.64. The maximum Gasteiger partial charge on any atom is 0.228 e. The molecule has 0 radical (unpaired) electrons. The highest BCUT2D eigenvalue weighted by atomic mass is 32.1. The fourth-order valence-electron chi connectivity index (χ4n) is 3.90. The van der Waals surface area contributed by atoms with Gasteiger partial charge in [-0.15, -0.1) is 11.3 Å². The zero-order chi connectivity index (χ0) is 19.8. The molecular formula is C23H19FN2O2S. The molecule has 4 aromatic rings. The molecule has 0 aliphatic carbocycles. The highest BCUT2D eigenvalue weighted by Crippen LogP contribution is 2.35. The summed E-state index contributed by atoms with van der Waals surface area (Å²) in [7, 11) is 0. The van der Waals surface area contributed by atoms with Crippen LogP contribution in [0.25, 0.3) is 22.2 Å². The van der Waals surface area contributed by atoms with Crippen LogP contribution in [0, 0.1) is 5.82 Å². The Morgan fingerprint density at radius 3 is 2.79 bits per heavy atom. The van der Waals surface area contributed by atoms with E-state index in [1.165, 1.54) is 12.1 Å². The number of aromatic nitrogens is 1. The number of carbonyl (C=O) groups excluding carboxylic acids is 1. The normalized spacial score (nSPS) is 16.6. The number of nitrogens with zero attached hydrogens (tertiary/aromatic N) is 2. The molecule has 0 spiro atoms. The number of benzene rings is 2. The molecule has 5 rings (SSSR count). The smallest absolute Gasteiger partial charge is 0.228 e. The minimum absolute atomic E-state index is 0.115. The van der Waals surface area contributed by atoms with E-state index in [1.807, 2.05) is 40.6 Å². The summed E-state index contributed by atoms with van der Waals surface area (Å²) in [6.45, 7) is 0.731. The fourth-order valence-corrected chi connectivity index (χ4v) is 4.59. The molecule has 1 fully saturated rings. The number of hydrogen-bond donors (Lipinski definition) is 0. The standard InChI is InChI=1S/C23H19FN2O2S/c24-17-8-5-15(6-9-17)16-7-10-21-19(13-16)25-23(28-21)20-4-1-11-26(20)22(27)14-18-3-2-12-29-18/h2-3,5-10,12-13,20H,1,4,11,14H2/t20-/m1/s1. The van der Waals surface area contributed by atoms with E-state index >= 15 is 0 Å². The van der Waals surface area contributed by atoms with Gasteiger partial charge in [0.15, 0.2) is 5.58 Å². The van der Waals surface area contributed by atoms with Crippen molar-refractivity contribution in [3.05, 3.63) is 76.6 Å². The van der Waals surface area contributed by atoms with Crippen LogP contribution in [0.15, 0.2) is 64.4 Å². The summed E-state index contributed by atoms with van der Waals surface area (Å²) in [4.78, 5) is 20.5. The number of fused-ring (bicyclic) bond motifs is 1. The van der Waals surface area contributed by atoms with Gasteiger partial charge in [0.2, 0.25) is 11.8 Å². The number of thiophene rings is 1. The molecule has 6 heteroatoms. The van der Waals surface area contributed by atoms with Crippen LogP contribution in [0.5, 0.6) is 0 Å². The van der Waals surface area contributed by atoms with Gasteiger partial charge in [0.25, 0.3) is 0 Å². The zero-order valence-corrected chi connectivity index (χ0v) is 16.5. The van der Waals surface area contributed by atoms with Crippen molar-refractivity contribution in [3.63, 3.8) is 0 Å². The summed E-state index contributed by atoms with van der Waals surface area (Å²) >= 11 is 1.60. The lowest BCUT2D eigenvalue weighted by Gasteiger charge is -2.22. The van der Waals surface area contributed by atoms with E-state index in [0.717, 1.165) is 40.9 Å². The third kappa shape index (κ3) is 3.56. The van der Waals surface area contributed by atoms with Crippen molar-refractivity contribution in [3.8, 4) is 11.1 Å². The van der Waals surface area contributed by atoms with Crippen molar-refractivity contribution >= 4 is 28.3 Å². The lowest BCUT2D eigenvalue weighted by Crippen LogP contribution is -2.31. The predicted octanol–water partition coefficient (Wildman–Crippen LogP) is 5.60. The van der Waals surface area contributed by atoms with Gasteiger partial charge >= 0.3 is 0 Å². The molecular weight excluding hydrogens is 387 g/mol. The Hall–Kier alpha value is -2.99. The molecule has 146 valence electrons. The van der Waals surface area contributed by atoms with Gasteiger partial charge in [0, 0.05) is 11.4 Å². The first kappa shape index (κ1) is 18.1. The average molecular weight is 406 g/mol. The summed E-state index contributed by atoms with van der Waals surface area (Å²) in [5, 5.41) is 1.99. The van der Waals surface area contributed by atoms with Crippen molar-refractivity contribution in [2.75, 3.05) is 6.54 Å². The molecule has 29 heavy (non-hydrogen) atoms. The molecule has 3 heterocycles. The topological polar surface area (TPSA) is 46.3 Å². The number of carbonyl (C=O) groups is 1. The molecule has 2 aromatic heterocycles. The Morgan fingerprint density at radius 1 is 1.17 bits per heavy atom. The van der Waals surface area contributed by atoms with Crippen LogP contribution in [0.1, 0.15) is 29.7 Å². The van der Waals surface area contributed by atoms with E-state index in [9.17, 15) is 9.18 Å². The Balaban J connectivity index is 1.42. The van der Waals surface area contributed by atoms with Crippen molar-refractivity contribution in [1.29, 1.82) is 0 Å².